The van der Waals surface area contributed by atoms with Gasteiger partial charge in [0.2, 0.25) is 15.9 Å². The molecular weight excluding hydrogens is 320 g/mol. The van der Waals surface area contributed by atoms with Crippen LogP contribution >= 0.6 is 11.3 Å². The number of sulfonamides is 1. The molecule has 0 bridgehead atoms. The van der Waals surface area contributed by atoms with Crippen LogP contribution < -0.4 is 5.32 Å². The van der Waals surface area contributed by atoms with E-state index in [0.29, 0.717) is 5.69 Å². The monoisotopic (exact) mass is 338 g/mol. The van der Waals surface area contributed by atoms with Gasteiger partial charge >= 0.3 is 0 Å². The van der Waals surface area contributed by atoms with E-state index in [1.807, 2.05) is 24.4 Å². The summed E-state index contributed by atoms with van der Waals surface area (Å²) in [5.74, 6) is -0.195. The second kappa shape index (κ2) is 6.60. The Kier molecular flexibility index (Phi) is 5.00. The molecule has 0 aliphatic heterocycles. The molecule has 2 rings (SSSR count). The SMILES string of the molecule is CC(=O)Nc1ccc(S(=O)(=O)N(C)[C@@H](C)c2cccs2)cc1. The molecule has 1 N–H and O–H groups in total. The lowest BCUT2D eigenvalue weighted by Crippen LogP contribution is -2.29. The van der Waals surface area contributed by atoms with Gasteiger partial charge in [0, 0.05) is 24.5 Å². The minimum atomic E-state index is -3.58. The van der Waals surface area contributed by atoms with Gasteiger partial charge in [-0.3, -0.25) is 4.79 Å². The van der Waals surface area contributed by atoms with E-state index in [-0.39, 0.29) is 16.8 Å². The number of rotatable bonds is 5. The highest BCUT2D eigenvalue weighted by molar-refractivity contribution is 7.89. The summed E-state index contributed by atoms with van der Waals surface area (Å²) < 4.78 is 26.6. The van der Waals surface area contributed by atoms with Crippen LogP contribution in [-0.2, 0) is 14.8 Å². The Labute approximate surface area is 134 Å². The predicted molar refractivity (Wildman–Crippen MR) is 88.4 cm³/mol. The van der Waals surface area contributed by atoms with E-state index in [4.69, 9.17) is 0 Å². The highest BCUT2D eigenvalue weighted by atomic mass is 32.2. The van der Waals surface area contributed by atoms with E-state index in [9.17, 15) is 13.2 Å². The molecule has 0 saturated carbocycles. The molecule has 1 heterocycles. The Bertz CT molecular complexity index is 738. The number of carbonyl (C=O) groups is 1. The van der Waals surface area contributed by atoms with Crippen LogP contribution in [0.5, 0.6) is 0 Å². The van der Waals surface area contributed by atoms with Crippen molar-refractivity contribution in [1.82, 2.24) is 4.31 Å². The van der Waals surface area contributed by atoms with E-state index in [2.05, 4.69) is 5.32 Å². The summed E-state index contributed by atoms with van der Waals surface area (Å²) in [7, 11) is -2.01. The molecule has 1 aromatic heterocycles. The molecule has 0 saturated heterocycles. The number of anilines is 1. The number of carbonyl (C=O) groups excluding carboxylic acids is 1. The highest BCUT2D eigenvalue weighted by Crippen LogP contribution is 2.28. The van der Waals surface area contributed by atoms with Gasteiger partial charge in [0.1, 0.15) is 0 Å². The molecule has 22 heavy (non-hydrogen) atoms. The Morgan fingerprint density at radius 3 is 2.36 bits per heavy atom. The maximum absolute atomic E-state index is 12.6. The predicted octanol–water partition coefficient (Wildman–Crippen LogP) is 3.09. The molecule has 0 unspecified atom stereocenters. The molecule has 0 spiro atoms. The topological polar surface area (TPSA) is 66.5 Å². The fourth-order valence-corrected chi connectivity index (χ4v) is 4.23. The number of thiophene rings is 1. The number of amides is 1. The molecule has 7 heteroatoms. The summed E-state index contributed by atoms with van der Waals surface area (Å²) in [5, 5.41) is 4.54. The molecular formula is C15H18N2O3S2. The van der Waals surface area contributed by atoms with Crippen molar-refractivity contribution in [2.75, 3.05) is 12.4 Å². The first kappa shape index (κ1) is 16.7. The second-order valence-electron chi connectivity index (χ2n) is 4.92. The van der Waals surface area contributed by atoms with E-state index in [1.54, 1.807) is 19.2 Å². The summed E-state index contributed by atoms with van der Waals surface area (Å²) in [4.78, 5) is 12.2. The zero-order valence-electron chi connectivity index (χ0n) is 12.6. The summed E-state index contributed by atoms with van der Waals surface area (Å²) in [6.07, 6.45) is 0. The van der Waals surface area contributed by atoms with E-state index in [0.717, 1.165) is 4.88 Å². The number of nitrogens with one attached hydrogen (secondary N) is 1. The van der Waals surface area contributed by atoms with Gasteiger partial charge in [0.05, 0.1) is 10.9 Å². The van der Waals surface area contributed by atoms with Gasteiger partial charge in [-0.05, 0) is 42.6 Å². The molecule has 1 aromatic carbocycles. The third kappa shape index (κ3) is 3.55. The van der Waals surface area contributed by atoms with Crippen molar-refractivity contribution in [2.45, 2.75) is 24.8 Å². The number of hydrogen-bond acceptors (Lipinski definition) is 4. The summed E-state index contributed by atoms with van der Waals surface area (Å²) >= 11 is 1.53. The lowest BCUT2D eigenvalue weighted by molar-refractivity contribution is -0.114. The number of hydrogen-bond donors (Lipinski definition) is 1. The number of benzene rings is 1. The fourth-order valence-electron chi connectivity index (χ4n) is 2.00. The summed E-state index contributed by atoms with van der Waals surface area (Å²) in [5.41, 5.74) is 0.570. The van der Waals surface area contributed by atoms with Crippen molar-refractivity contribution in [1.29, 1.82) is 0 Å². The summed E-state index contributed by atoms with van der Waals surface area (Å²) in [6, 6.07) is 9.74. The van der Waals surface area contributed by atoms with E-state index in [1.165, 1.54) is 34.7 Å². The van der Waals surface area contributed by atoms with Crippen LogP contribution in [-0.4, -0.2) is 25.7 Å². The maximum Gasteiger partial charge on any atom is 0.243 e. The van der Waals surface area contributed by atoms with Crippen LogP contribution in [0.2, 0.25) is 0 Å². The van der Waals surface area contributed by atoms with Crippen LogP contribution in [0.15, 0.2) is 46.7 Å². The lowest BCUT2D eigenvalue weighted by Gasteiger charge is -2.23. The van der Waals surface area contributed by atoms with Crippen molar-refractivity contribution < 1.29 is 13.2 Å². The maximum atomic E-state index is 12.6. The Balaban J connectivity index is 2.24. The van der Waals surface area contributed by atoms with Crippen LogP contribution in [0.25, 0.3) is 0 Å². The van der Waals surface area contributed by atoms with Crippen LogP contribution in [0.4, 0.5) is 5.69 Å². The smallest absolute Gasteiger partial charge is 0.243 e. The van der Waals surface area contributed by atoms with Gasteiger partial charge in [-0.1, -0.05) is 6.07 Å². The Morgan fingerprint density at radius 2 is 1.86 bits per heavy atom. The molecule has 1 amide bonds. The van der Waals surface area contributed by atoms with Gasteiger partial charge in [-0.2, -0.15) is 4.31 Å². The zero-order chi connectivity index (χ0) is 16.3. The average molecular weight is 338 g/mol. The van der Waals surface area contributed by atoms with Gasteiger partial charge in [0.15, 0.2) is 0 Å². The number of nitrogens with zero attached hydrogens (tertiary/aromatic N) is 1. The fraction of sp³-hybridized carbons (Fsp3) is 0.267. The van der Waals surface area contributed by atoms with Crippen molar-refractivity contribution >= 4 is 33.0 Å². The average Bonchev–Trinajstić information content (AvgIpc) is 2.99. The Hall–Kier alpha value is -1.70. The van der Waals surface area contributed by atoms with Crippen LogP contribution in [0.3, 0.4) is 0 Å². The first-order valence-electron chi connectivity index (χ1n) is 6.71. The van der Waals surface area contributed by atoms with Gasteiger partial charge < -0.3 is 5.32 Å². The third-order valence-electron chi connectivity index (χ3n) is 3.35. The van der Waals surface area contributed by atoms with E-state index < -0.39 is 10.0 Å². The summed E-state index contributed by atoms with van der Waals surface area (Å²) in [6.45, 7) is 3.26. The van der Waals surface area contributed by atoms with Crippen LogP contribution in [0.1, 0.15) is 24.8 Å². The minimum absolute atomic E-state index is 0.195. The van der Waals surface area contributed by atoms with Gasteiger partial charge in [-0.25, -0.2) is 8.42 Å². The second-order valence-corrected chi connectivity index (χ2v) is 7.89. The van der Waals surface area contributed by atoms with Crippen molar-refractivity contribution in [3.63, 3.8) is 0 Å². The minimum Gasteiger partial charge on any atom is -0.326 e. The standard InChI is InChI=1S/C15H18N2O3S2/c1-11(15-5-4-10-21-15)17(3)22(19,20)14-8-6-13(7-9-14)16-12(2)18/h4-11H,1-3H3,(H,16,18)/t11-/m0/s1. The normalized spacial score (nSPS) is 13.1. The molecule has 1 atom stereocenters. The van der Waals surface area contributed by atoms with E-state index >= 15 is 0 Å². The highest BCUT2D eigenvalue weighted by Gasteiger charge is 2.26. The molecule has 0 radical (unpaired) electrons. The lowest BCUT2D eigenvalue weighted by atomic mass is 10.3. The van der Waals surface area contributed by atoms with Crippen LogP contribution in [0, 0.1) is 0 Å². The molecule has 2 aromatic rings. The zero-order valence-corrected chi connectivity index (χ0v) is 14.2. The molecule has 5 nitrogen and oxygen atoms in total. The largest absolute Gasteiger partial charge is 0.326 e. The molecule has 0 fully saturated rings. The first-order valence-corrected chi connectivity index (χ1v) is 9.03. The van der Waals surface area contributed by atoms with Gasteiger partial charge in [0.25, 0.3) is 0 Å². The molecule has 0 aliphatic rings. The Morgan fingerprint density at radius 1 is 1.23 bits per heavy atom. The first-order chi connectivity index (χ1) is 10.3. The molecule has 0 aliphatic carbocycles. The van der Waals surface area contributed by atoms with Crippen molar-refractivity contribution in [3.05, 3.63) is 46.7 Å². The quantitative estimate of drug-likeness (QED) is 0.911. The van der Waals surface area contributed by atoms with Crippen molar-refractivity contribution in [3.8, 4) is 0 Å². The van der Waals surface area contributed by atoms with Crippen molar-refractivity contribution in [2.24, 2.45) is 0 Å². The third-order valence-corrected chi connectivity index (χ3v) is 6.34. The van der Waals surface area contributed by atoms with Gasteiger partial charge in [-0.15, -0.1) is 11.3 Å². The molecule has 118 valence electrons.